The Bertz CT molecular complexity index is 414. The van der Waals surface area contributed by atoms with Gasteiger partial charge in [-0.25, -0.2) is 0 Å². The molecule has 0 amide bonds. The second-order valence-electron chi connectivity index (χ2n) is 3.43. The lowest BCUT2D eigenvalue weighted by atomic mass is 10.1. The average molecular weight is 247 g/mol. The number of rotatable bonds is 5. The Balaban J connectivity index is 2.06. The van der Waals surface area contributed by atoms with Crippen molar-refractivity contribution in [2.75, 3.05) is 0 Å². The molecular formula is C13H11OS2. The third kappa shape index (κ3) is 3.15. The van der Waals surface area contributed by atoms with Crippen LogP contribution >= 0.6 is 22.7 Å². The van der Waals surface area contributed by atoms with Gasteiger partial charge in [0.05, 0.1) is 0 Å². The molecule has 0 aliphatic carbocycles. The summed E-state index contributed by atoms with van der Waals surface area (Å²) in [6, 6.07) is 8.26. The fourth-order valence-corrected chi connectivity index (χ4v) is 3.04. The number of carbonyl (C=O) groups excluding carboxylic acids is 1. The van der Waals surface area contributed by atoms with Crippen molar-refractivity contribution in [3.8, 4) is 0 Å². The lowest BCUT2D eigenvalue weighted by Gasteiger charge is -2.02. The Morgan fingerprint density at radius 2 is 1.69 bits per heavy atom. The van der Waals surface area contributed by atoms with Gasteiger partial charge in [0.1, 0.15) is 0 Å². The minimum Gasteiger partial charge on any atom is -0.286 e. The molecule has 2 aromatic rings. The van der Waals surface area contributed by atoms with Gasteiger partial charge in [0, 0.05) is 22.6 Å². The van der Waals surface area contributed by atoms with E-state index < -0.39 is 0 Å². The standard InChI is InChI=1S/C13H11OS2/c14-6-5-11(9-12-3-1-7-15-12)10-13-4-2-8-16-13/h1-5,7-8H,9-10H2. The van der Waals surface area contributed by atoms with Crippen molar-refractivity contribution in [3.63, 3.8) is 0 Å². The van der Waals surface area contributed by atoms with Crippen LogP contribution in [0.4, 0.5) is 0 Å². The predicted octanol–water partition coefficient (Wildman–Crippen LogP) is 3.63. The van der Waals surface area contributed by atoms with E-state index in [1.54, 1.807) is 28.7 Å². The fourth-order valence-electron chi connectivity index (χ4n) is 1.52. The fraction of sp³-hybridized carbons (Fsp3) is 0.154. The number of thiophene rings is 2. The van der Waals surface area contributed by atoms with Crippen LogP contribution in [-0.2, 0) is 17.6 Å². The summed E-state index contributed by atoms with van der Waals surface area (Å²) in [7, 11) is 0. The first-order valence-electron chi connectivity index (χ1n) is 4.99. The topological polar surface area (TPSA) is 17.1 Å². The highest BCUT2D eigenvalue weighted by Crippen LogP contribution is 2.19. The molecule has 0 aliphatic heterocycles. The summed E-state index contributed by atoms with van der Waals surface area (Å²) in [5.41, 5.74) is 1.12. The van der Waals surface area contributed by atoms with Gasteiger partial charge in [0.25, 0.3) is 0 Å². The maximum absolute atomic E-state index is 10.5. The van der Waals surface area contributed by atoms with Gasteiger partial charge in [-0.05, 0) is 29.0 Å². The molecule has 3 heteroatoms. The lowest BCUT2D eigenvalue weighted by Crippen LogP contribution is -1.93. The van der Waals surface area contributed by atoms with E-state index >= 15 is 0 Å². The molecule has 0 bridgehead atoms. The Labute approximate surface area is 103 Å². The molecule has 0 aliphatic rings. The van der Waals surface area contributed by atoms with E-state index in [4.69, 9.17) is 0 Å². The SMILES string of the molecule is O=[C]C=C(Cc1cccs1)Cc1cccs1. The maximum atomic E-state index is 10.5. The molecular weight excluding hydrogens is 236 g/mol. The zero-order valence-corrected chi connectivity index (χ0v) is 10.3. The van der Waals surface area contributed by atoms with Crippen molar-refractivity contribution in [3.05, 3.63) is 56.4 Å². The molecule has 2 rings (SSSR count). The highest BCUT2D eigenvalue weighted by Gasteiger charge is 2.03. The summed E-state index contributed by atoms with van der Waals surface area (Å²) >= 11 is 3.44. The molecule has 0 aromatic carbocycles. The van der Waals surface area contributed by atoms with Gasteiger partial charge in [-0.1, -0.05) is 17.7 Å². The van der Waals surface area contributed by atoms with Crippen LogP contribution in [0.2, 0.25) is 0 Å². The summed E-state index contributed by atoms with van der Waals surface area (Å²) in [6.07, 6.45) is 5.16. The van der Waals surface area contributed by atoms with Crippen LogP contribution in [0.25, 0.3) is 0 Å². The van der Waals surface area contributed by atoms with Crippen molar-refractivity contribution < 1.29 is 4.79 Å². The summed E-state index contributed by atoms with van der Waals surface area (Å²) in [6.45, 7) is 0. The summed E-state index contributed by atoms with van der Waals surface area (Å²) < 4.78 is 0. The van der Waals surface area contributed by atoms with Crippen LogP contribution in [0.1, 0.15) is 9.75 Å². The Kier molecular flexibility index (Phi) is 4.08. The molecule has 0 atom stereocenters. The molecule has 81 valence electrons. The molecule has 2 heterocycles. The highest BCUT2D eigenvalue weighted by atomic mass is 32.1. The van der Waals surface area contributed by atoms with Gasteiger partial charge in [-0.3, -0.25) is 4.79 Å². The van der Waals surface area contributed by atoms with Gasteiger partial charge in [-0.15, -0.1) is 22.7 Å². The van der Waals surface area contributed by atoms with Gasteiger partial charge in [0.15, 0.2) is 0 Å². The van der Waals surface area contributed by atoms with E-state index in [9.17, 15) is 4.79 Å². The Hall–Kier alpha value is -1.19. The molecule has 2 aromatic heterocycles. The first kappa shape index (κ1) is 11.3. The van der Waals surface area contributed by atoms with Crippen LogP contribution in [-0.4, -0.2) is 6.29 Å². The van der Waals surface area contributed by atoms with Crippen LogP contribution in [0.15, 0.2) is 46.7 Å². The predicted molar refractivity (Wildman–Crippen MR) is 69.8 cm³/mol. The Morgan fingerprint density at radius 3 is 2.06 bits per heavy atom. The zero-order valence-electron chi connectivity index (χ0n) is 8.68. The minimum atomic E-state index is 0.852. The molecule has 0 spiro atoms. The third-order valence-electron chi connectivity index (χ3n) is 2.23. The molecule has 1 nitrogen and oxygen atoms in total. The van der Waals surface area contributed by atoms with Crippen molar-refractivity contribution in [1.82, 2.24) is 0 Å². The summed E-state index contributed by atoms with van der Waals surface area (Å²) in [5.74, 6) is 0. The lowest BCUT2D eigenvalue weighted by molar-refractivity contribution is 0.564. The zero-order chi connectivity index (χ0) is 11.2. The molecule has 0 N–H and O–H groups in total. The summed E-state index contributed by atoms with van der Waals surface area (Å²) in [4.78, 5) is 13.1. The van der Waals surface area contributed by atoms with Gasteiger partial charge in [-0.2, -0.15) is 0 Å². The first-order chi connectivity index (χ1) is 7.88. The first-order valence-corrected chi connectivity index (χ1v) is 6.75. The highest BCUT2D eigenvalue weighted by molar-refractivity contribution is 7.10. The smallest absolute Gasteiger partial charge is 0.225 e. The summed E-state index contributed by atoms with van der Waals surface area (Å²) in [5, 5.41) is 4.12. The van der Waals surface area contributed by atoms with Gasteiger partial charge < -0.3 is 0 Å². The second-order valence-corrected chi connectivity index (χ2v) is 5.50. The van der Waals surface area contributed by atoms with E-state index in [2.05, 4.69) is 22.9 Å². The molecule has 0 saturated heterocycles. The Morgan fingerprint density at radius 1 is 1.12 bits per heavy atom. The maximum Gasteiger partial charge on any atom is 0.225 e. The number of allylic oxidation sites excluding steroid dienone is 2. The van der Waals surface area contributed by atoms with E-state index in [1.807, 2.05) is 18.4 Å². The quantitative estimate of drug-likeness (QED) is 0.737. The molecule has 0 unspecified atom stereocenters. The molecule has 0 saturated carbocycles. The van der Waals surface area contributed by atoms with E-state index in [-0.39, 0.29) is 0 Å². The van der Waals surface area contributed by atoms with Crippen molar-refractivity contribution in [2.45, 2.75) is 12.8 Å². The van der Waals surface area contributed by atoms with Crippen LogP contribution in [0.5, 0.6) is 0 Å². The van der Waals surface area contributed by atoms with Crippen LogP contribution in [0.3, 0.4) is 0 Å². The normalized spacial score (nSPS) is 10.0. The average Bonchev–Trinajstić information content (AvgIpc) is 2.91. The van der Waals surface area contributed by atoms with Gasteiger partial charge >= 0.3 is 0 Å². The minimum absolute atomic E-state index is 0.852. The number of hydrogen-bond donors (Lipinski definition) is 0. The molecule has 16 heavy (non-hydrogen) atoms. The van der Waals surface area contributed by atoms with Crippen molar-refractivity contribution in [2.24, 2.45) is 0 Å². The molecule has 1 radical (unpaired) electrons. The van der Waals surface area contributed by atoms with Crippen LogP contribution in [0, 0.1) is 0 Å². The van der Waals surface area contributed by atoms with Gasteiger partial charge in [0.2, 0.25) is 6.29 Å². The largest absolute Gasteiger partial charge is 0.286 e. The third-order valence-corrected chi connectivity index (χ3v) is 3.98. The van der Waals surface area contributed by atoms with E-state index in [0.29, 0.717) is 0 Å². The van der Waals surface area contributed by atoms with E-state index in [0.717, 1.165) is 18.4 Å². The van der Waals surface area contributed by atoms with E-state index in [1.165, 1.54) is 9.75 Å². The number of hydrogen-bond acceptors (Lipinski definition) is 3. The van der Waals surface area contributed by atoms with Crippen LogP contribution < -0.4 is 0 Å². The van der Waals surface area contributed by atoms with Crippen molar-refractivity contribution in [1.29, 1.82) is 0 Å². The molecule has 0 fully saturated rings. The van der Waals surface area contributed by atoms with Crippen molar-refractivity contribution >= 4 is 29.0 Å². The monoisotopic (exact) mass is 247 g/mol. The second kappa shape index (κ2) is 5.77.